The maximum absolute atomic E-state index is 6.98. The van der Waals surface area contributed by atoms with Gasteiger partial charge in [0.1, 0.15) is 0 Å². The minimum atomic E-state index is -0.0370. The van der Waals surface area contributed by atoms with Crippen molar-refractivity contribution in [1.29, 1.82) is 0 Å². The van der Waals surface area contributed by atoms with Gasteiger partial charge in [-0.25, -0.2) is 0 Å². The molecule has 1 saturated heterocycles. The minimum absolute atomic E-state index is 0.0370. The molecule has 0 aromatic carbocycles. The van der Waals surface area contributed by atoms with Crippen molar-refractivity contribution in [1.82, 2.24) is 5.32 Å². The van der Waals surface area contributed by atoms with E-state index in [0.29, 0.717) is 0 Å². The van der Waals surface area contributed by atoms with Crippen LogP contribution in [0.3, 0.4) is 0 Å². The molecule has 1 aliphatic heterocycles. The van der Waals surface area contributed by atoms with Gasteiger partial charge in [-0.15, -0.1) is 11.8 Å². The van der Waals surface area contributed by atoms with E-state index in [4.69, 9.17) is 1.37 Å². The van der Waals surface area contributed by atoms with Crippen LogP contribution in [-0.4, -0.2) is 18.2 Å². The number of hydrogen-bond donors (Lipinski definition) is 1. The van der Waals surface area contributed by atoms with Gasteiger partial charge in [-0.05, 0) is 0 Å². The third-order valence-electron chi connectivity index (χ3n) is 0.531. The van der Waals surface area contributed by atoms with Crippen LogP contribution in [0.5, 0.6) is 0 Å². The molecule has 1 heterocycles. The van der Waals surface area contributed by atoms with E-state index >= 15 is 0 Å². The standard InChI is InChI=1S/C3H7NS/c1-2-5-3-4-1/h4H,1-3H2/i3D. The van der Waals surface area contributed by atoms with Gasteiger partial charge in [0.25, 0.3) is 0 Å². The maximum Gasteiger partial charge on any atom is 0.0545 e. The van der Waals surface area contributed by atoms with Crippen molar-refractivity contribution < 1.29 is 1.37 Å². The Labute approximate surface area is 37.5 Å². The Morgan fingerprint density at radius 3 is 3.20 bits per heavy atom. The van der Waals surface area contributed by atoms with Gasteiger partial charge in [0.05, 0.1) is 1.37 Å². The Bertz CT molecular complexity index is 44.1. The lowest BCUT2D eigenvalue weighted by atomic mass is 10.8. The SMILES string of the molecule is [2H]C1NCCS1. The van der Waals surface area contributed by atoms with E-state index < -0.39 is 0 Å². The quantitative estimate of drug-likeness (QED) is 0.458. The number of rotatable bonds is 0. The zero-order valence-electron chi connectivity index (χ0n) is 3.90. The second-order valence-corrected chi connectivity index (χ2v) is 1.92. The van der Waals surface area contributed by atoms with Crippen LogP contribution in [0.4, 0.5) is 0 Å². The first-order valence-corrected chi connectivity index (χ1v) is 2.72. The number of nitrogens with one attached hydrogen (secondary N) is 1. The Morgan fingerprint density at radius 2 is 3.00 bits per heavy atom. The Hall–Kier alpha value is 0.310. The summed E-state index contributed by atoms with van der Waals surface area (Å²) in [5.41, 5.74) is 0. The third-order valence-corrected chi connectivity index (χ3v) is 1.30. The van der Waals surface area contributed by atoms with Crippen molar-refractivity contribution >= 4 is 11.8 Å². The lowest BCUT2D eigenvalue weighted by molar-refractivity contribution is 0.885. The van der Waals surface area contributed by atoms with Gasteiger partial charge >= 0.3 is 0 Å². The molecule has 0 spiro atoms. The minimum Gasteiger partial charge on any atom is -0.307 e. The highest BCUT2D eigenvalue weighted by Crippen LogP contribution is 1.99. The van der Waals surface area contributed by atoms with E-state index in [0.717, 1.165) is 12.3 Å². The average molecular weight is 90.2 g/mol. The molecule has 1 nitrogen and oxygen atoms in total. The molecular weight excluding hydrogens is 82.1 g/mol. The average Bonchev–Trinajstić information content (AvgIpc) is 1.86. The van der Waals surface area contributed by atoms with E-state index in [1.165, 1.54) is 0 Å². The van der Waals surface area contributed by atoms with Gasteiger partial charge < -0.3 is 5.32 Å². The van der Waals surface area contributed by atoms with Crippen LogP contribution in [0.15, 0.2) is 0 Å². The predicted octanol–water partition coefficient (Wildman–Crippen LogP) is 0.280. The zero-order chi connectivity index (χ0) is 4.41. The smallest absolute Gasteiger partial charge is 0.0545 e. The summed E-state index contributed by atoms with van der Waals surface area (Å²) in [7, 11) is 0. The van der Waals surface area contributed by atoms with Gasteiger partial charge in [-0.2, -0.15) is 0 Å². The molecular formula is C3H7NS. The second kappa shape index (κ2) is 1.67. The Balaban J connectivity index is 2.18. The van der Waals surface area contributed by atoms with Gasteiger partial charge in [0, 0.05) is 18.2 Å². The summed E-state index contributed by atoms with van der Waals surface area (Å²) in [6.07, 6.45) is 0. The molecule has 2 heteroatoms. The van der Waals surface area contributed by atoms with Crippen molar-refractivity contribution in [2.45, 2.75) is 0 Å². The molecule has 0 aliphatic carbocycles. The Morgan fingerprint density at radius 1 is 2.00 bits per heavy atom. The molecule has 1 rings (SSSR count). The van der Waals surface area contributed by atoms with Gasteiger partial charge in [0.15, 0.2) is 0 Å². The van der Waals surface area contributed by atoms with Crippen molar-refractivity contribution in [3.8, 4) is 0 Å². The highest BCUT2D eigenvalue weighted by molar-refractivity contribution is 7.99. The van der Waals surface area contributed by atoms with E-state index in [-0.39, 0.29) is 5.85 Å². The molecule has 1 N–H and O–H groups in total. The van der Waals surface area contributed by atoms with E-state index in [9.17, 15) is 0 Å². The zero-order valence-corrected chi connectivity index (χ0v) is 3.72. The molecule has 1 unspecified atom stereocenters. The largest absolute Gasteiger partial charge is 0.307 e. The molecule has 5 heavy (non-hydrogen) atoms. The summed E-state index contributed by atoms with van der Waals surface area (Å²) < 4.78 is 6.98. The van der Waals surface area contributed by atoms with Crippen LogP contribution in [0.1, 0.15) is 1.37 Å². The number of hydrogen-bond acceptors (Lipinski definition) is 2. The van der Waals surface area contributed by atoms with Crippen LogP contribution >= 0.6 is 11.8 Å². The van der Waals surface area contributed by atoms with E-state index in [1.54, 1.807) is 11.8 Å². The van der Waals surface area contributed by atoms with Crippen LogP contribution in [-0.2, 0) is 0 Å². The molecule has 30 valence electrons. The Kier molecular flexibility index (Phi) is 0.830. The normalized spacial score (nSPS) is 41.6. The third kappa shape index (κ3) is 0.816. The fourth-order valence-electron chi connectivity index (χ4n) is 0.295. The van der Waals surface area contributed by atoms with Crippen LogP contribution in [0.25, 0.3) is 0 Å². The highest BCUT2D eigenvalue weighted by atomic mass is 32.2. The van der Waals surface area contributed by atoms with Crippen molar-refractivity contribution in [3.63, 3.8) is 0 Å². The molecule has 1 fully saturated rings. The maximum atomic E-state index is 6.98. The highest BCUT2D eigenvalue weighted by Gasteiger charge is 1.93. The van der Waals surface area contributed by atoms with Crippen LogP contribution < -0.4 is 5.32 Å². The molecule has 0 saturated carbocycles. The van der Waals surface area contributed by atoms with E-state index in [2.05, 4.69) is 5.32 Å². The van der Waals surface area contributed by atoms with Crippen LogP contribution in [0.2, 0.25) is 0 Å². The first kappa shape index (κ1) is 2.48. The summed E-state index contributed by atoms with van der Waals surface area (Å²) in [6, 6.07) is 0. The number of thioether (sulfide) groups is 1. The topological polar surface area (TPSA) is 12.0 Å². The van der Waals surface area contributed by atoms with E-state index in [1.807, 2.05) is 0 Å². The molecule has 1 atom stereocenters. The monoisotopic (exact) mass is 90.0 g/mol. The molecule has 0 radical (unpaired) electrons. The van der Waals surface area contributed by atoms with Crippen molar-refractivity contribution in [2.24, 2.45) is 0 Å². The fraction of sp³-hybridized carbons (Fsp3) is 1.00. The molecule has 0 amide bonds. The predicted molar refractivity (Wildman–Crippen MR) is 25.3 cm³/mol. The summed E-state index contributed by atoms with van der Waals surface area (Å²) in [4.78, 5) is 0. The molecule has 1 aliphatic rings. The van der Waals surface area contributed by atoms with Gasteiger partial charge in [-0.1, -0.05) is 0 Å². The molecule has 0 aromatic rings. The first-order valence-electron chi connectivity index (χ1n) is 2.24. The fourth-order valence-corrected chi connectivity index (χ4v) is 0.884. The molecule has 0 bridgehead atoms. The lowest BCUT2D eigenvalue weighted by Gasteiger charge is -1.74. The first-order chi connectivity index (χ1) is 2.89. The summed E-state index contributed by atoms with van der Waals surface area (Å²) >= 11 is 1.65. The second-order valence-electron chi connectivity index (χ2n) is 0.943. The lowest BCUT2D eigenvalue weighted by Crippen LogP contribution is -2.04. The van der Waals surface area contributed by atoms with Crippen LogP contribution in [0, 0.1) is 0 Å². The molecule has 0 aromatic heterocycles. The van der Waals surface area contributed by atoms with Crippen molar-refractivity contribution in [3.05, 3.63) is 0 Å². The summed E-state index contributed by atoms with van der Waals surface area (Å²) in [5, 5.41) is 2.95. The summed E-state index contributed by atoms with van der Waals surface area (Å²) in [5.74, 6) is 1.07. The van der Waals surface area contributed by atoms with Gasteiger partial charge in [0.2, 0.25) is 0 Å². The van der Waals surface area contributed by atoms with Crippen molar-refractivity contribution in [2.75, 3.05) is 18.2 Å². The van der Waals surface area contributed by atoms with Gasteiger partial charge in [-0.3, -0.25) is 0 Å². The summed E-state index contributed by atoms with van der Waals surface area (Å²) in [6.45, 7) is 1.01.